The zero-order valence-electron chi connectivity index (χ0n) is 12.0. The molecule has 1 aliphatic rings. The van der Waals surface area contributed by atoms with Gasteiger partial charge >= 0.3 is 6.18 Å². The molecule has 4 nitrogen and oxygen atoms in total. The molecule has 0 fully saturated rings. The fourth-order valence-electron chi connectivity index (χ4n) is 1.87. The van der Waals surface area contributed by atoms with Crippen LogP contribution in [-0.2, 0) is 16.9 Å². The maximum atomic E-state index is 13.0. The first-order valence-corrected chi connectivity index (χ1v) is 8.68. The van der Waals surface area contributed by atoms with E-state index < -0.39 is 28.8 Å². The molecule has 10 heteroatoms. The lowest BCUT2D eigenvalue weighted by atomic mass is 10.2. The Labute approximate surface area is 148 Å². The molecule has 1 aliphatic heterocycles. The summed E-state index contributed by atoms with van der Waals surface area (Å²) in [6, 6.07) is 0. The third-order valence-electron chi connectivity index (χ3n) is 3.02. The maximum absolute atomic E-state index is 13.0. The standard InChI is InChI=1S/C14H11Cl2F3N2O2S/c15-10-5-20-6-11(16)9(10)7-24(23)13-3-1-2-8(22)4-12(21-13)14(17,18)19/h2,4-6,22H,1,3,7H2/b8-2-,12-4-,21-13+. The van der Waals surface area contributed by atoms with Crippen LogP contribution in [0.15, 0.2) is 41.0 Å². The van der Waals surface area contributed by atoms with Crippen LogP contribution in [-0.4, -0.2) is 25.9 Å². The molecule has 1 unspecified atom stereocenters. The largest absolute Gasteiger partial charge is 0.610 e. The van der Waals surface area contributed by atoms with Gasteiger partial charge in [0.05, 0.1) is 10.0 Å². The third-order valence-corrected chi connectivity index (χ3v) is 5.05. The van der Waals surface area contributed by atoms with Gasteiger partial charge in [-0.1, -0.05) is 23.2 Å². The minimum atomic E-state index is -4.78. The normalized spacial score (nSPS) is 23.8. The molecule has 0 saturated heterocycles. The van der Waals surface area contributed by atoms with Gasteiger partial charge in [-0.2, -0.15) is 13.2 Å². The highest BCUT2D eigenvalue weighted by molar-refractivity contribution is 8.05. The van der Waals surface area contributed by atoms with Gasteiger partial charge in [0.1, 0.15) is 11.5 Å². The Morgan fingerprint density at radius 3 is 2.46 bits per heavy atom. The van der Waals surface area contributed by atoms with Crippen LogP contribution in [0.2, 0.25) is 10.0 Å². The summed E-state index contributed by atoms with van der Waals surface area (Å²) in [7, 11) is 0. The molecule has 1 N–H and O–H groups in total. The number of aliphatic hydroxyl groups is 1. The Hall–Kier alpha value is -1.22. The van der Waals surface area contributed by atoms with Crippen LogP contribution in [0.1, 0.15) is 18.4 Å². The first kappa shape index (κ1) is 19.1. The second kappa shape index (κ2) is 7.77. The molecule has 0 spiro atoms. The zero-order valence-corrected chi connectivity index (χ0v) is 14.3. The molecule has 0 aromatic carbocycles. The van der Waals surface area contributed by atoms with E-state index >= 15 is 0 Å². The summed E-state index contributed by atoms with van der Waals surface area (Å²) in [5, 5.41) is 9.58. The molecule has 2 heterocycles. The van der Waals surface area contributed by atoms with Crippen molar-refractivity contribution in [1.29, 1.82) is 0 Å². The van der Waals surface area contributed by atoms with Gasteiger partial charge < -0.3 is 9.66 Å². The summed E-state index contributed by atoms with van der Waals surface area (Å²) in [5.74, 6) is -0.712. The first-order valence-electron chi connectivity index (χ1n) is 6.60. The molecular weight excluding hydrogens is 388 g/mol. The monoisotopic (exact) mass is 398 g/mol. The van der Waals surface area contributed by atoms with Crippen molar-refractivity contribution in [3.8, 4) is 0 Å². The summed E-state index contributed by atoms with van der Waals surface area (Å²) in [5.41, 5.74) is -0.987. The number of hydrogen-bond donors (Lipinski definition) is 1. The number of rotatable bonds is 2. The minimum Gasteiger partial charge on any atom is -0.610 e. The summed E-state index contributed by atoms with van der Waals surface area (Å²) >= 11 is 10.0. The van der Waals surface area contributed by atoms with Crippen LogP contribution in [0, 0.1) is 0 Å². The van der Waals surface area contributed by atoms with Crippen LogP contribution >= 0.6 is 23.2 Å². The Kier molecular flexibility index (Phi) is 6.19. The number of pyridine rings is 1. The van der Waals surface area contributed by atoms with Crippen molar-refractivity contribution in [1.82, 2.24) is 4.98 Å². The lowest BCUT2D eigenvalue weighted by molar-refractivity contribution is -0.0925. The van der Waals surface area contributed by atoms with E-state index in [1.54, 1.807) is 0 Å². The Bertz CT molecular complexity index is 700. The number of aromatic nitrogens is 1. The van der Waals surface area contributed by atoms with E-state index in [0.29, 0.717) is 11.6 Å². The number of alkyl halides is 3. The van der Waals surface area contributed by atoms with E-state index in [0.717, 1.165) is 0 Å². The number of aliphatic hydroxyl groups excluding tert-OH is 1. The molecule has 24 heavy (non-hydrogen) atoms. The number of nitrogens with zero attached hydrogens (tertiary/aromatic N) is 2. The number of halogens is 5. The van der Waals surface area contributed by atoms with E-state index in [-0.39, 0.29) is 33.7 Å². The van der Waals surface area contributed by atoms with Crippen molar-refractivity contribution in [2.45, 2.75) is 24.8 Å². The predicted octanol–water partition coefficient (Wildman–Crippen LogP) is 4.72. The van der Waals surface area contributed by atoms with E-state index in [1.165, 1.54) is 18.5 Å². The molecular formula is C14H11Cl2F3N2O2S. The van der Waals surface area contributed by atoms with E-state index in [2.05, 4.69) is 9.98 Å². The second-order valence-electron chi connectivity index (χ2n) is 4.77. The van der Waals surface area contributed by atoms with Gasteiger partial charge in [-0.25, -0.2) is 4.99 Å². The predicted molar refractivity (Wildman–Crippen MR) is 87.6 cm³/mol. The number of allylic oxidation sites excluding steroid dienone is 3. The molecule has 1 atom stereocenters. The molecule has 130 valence electrons. The fraction of sp³-hybridized carbons (Fsp3) is 0.286. The average molecular weight is 399 g/mol. The lowest BCUT2D eigenvalue weighted by Gasteiger charge is -2.16. The van der Waals surface area contributed by atoms with Gasteiger partial charge in [-0.05, 0) is 12.5 Å². The van der Waals surface area contributed by atoms with Gasteiger partial charge in [0.15, 0.2) is 5.70 Å². The Balaban J connectivity index is 2.32. The van der Waals surface area contributed by atoms with Gasteiger partial charge in [0.2, 0.25) is 5.04 Å². The molecule has 0 radical (unpaired) electrons. The van der Waals surface area contributed by atoms with Crippen molar-refractivity contribution in [3.05, 3.63) is 51.6 Å². The van der Waals surface area contributed by atoms with Crippen LogP contribution in [0.5, 0.6) is 0 Å². The first-order chi connectivity index (χ1) is 11.2. The van der Waals surface area contributed by atoms with Crippen LogP contribution in [0.4, 0.5) is 13.2 Å². The molecule has 2 rings (SSSR count). The van der Waals surface area contributed by atoms with E-state index in [9.17, 15) is 22.8 Å². The van der Waals surface area contributed by atoms with E-state index in [1.807, 2.05) is 0 Å². The Morgan fingerprint density at radius 1 is 1.25 bits per heavy atom. The lowest BCUT2D eigenvalue weighted by Crippen LogP contribution is -2.21. The van der Waals surface area contributed by atoms with Crippen LogP contribution in [0.3, 0.4) is 0 Å². The zero-order chi connectivity index (χ0) is 17.9. The quantitative estimate of drug-likeness (QED) is 0.732. The van der Waals surface area contributed by atoms with Crippen molar-refractivity contribution < 1.29 is 22.8 Å². The summed E-state index contributed by atoms with van der Waals surface area (Å²) < 4.78 is 51.3. The highest BCUT2D eigenvalue weighted by Gasteiger charge is 2.36. The molecule has 0 amide bonds. The summed E-state index contributed by atoms with van der Waals surface area (Å²) in [6.45, 7) is 0. The highest BCUT2D eigenvalue weighted by atomic mass is 35.5. The average Bonchev–Trinajstić information content (AvgIpc) is 2.45. The van der Waals surface area contributed by atoms with Crippen molar-refractivity contribution in [2.24, 2.45) is 4.99 Å². The van der Waals surface area contributed by atoms with E-state index in [4.69, 9.17) is 23.2 Å². The minimum absolute atomic E-state index is 0.00438. The molecule has 1 aromatic rings. The maximum Gasteiger partial charge on any atom is 0.433 e. The van der Waals surface area contributed by atoms with Crippen molar-refractivity contribution >= 4 is 39.4 Å². The van der Waals surface area contributed by atoms with Gasteiger partial charge in [0, 0.05) is 41.6 Å². The number of hydrogen-bond acceptors (Lipinski definition) is 4. The fourth-order valence-corrected chi connectivity index (χ4v) is 3.81. The molecule has 0 aliphatic carbocycles. The van der Waals surface area contributed by atoms with Crippen LogP contribution in [0.25, 0.3) is 0 Å². The topological polar surface area (TPSA) is 68.5 Å². The SMILES string of the molecule is [O-][S+](Cc1c(Cl)cncc1Cl)/C1=N/C(C(F)(F)F)=C\C(O)=C\CC1. The van der Waals surface area contributed by atoms with Gasteiger partial charge in [0.25, 0.3) is 0 Å². The highest BCUT2D eigenvalue weighted by Crippen LogP contribution is 2.31. The van der Waals surface area contributed by atoms with Crippen LogP contribution < -0.4 is 0 Å². The second-order valence-corrected chi connectivity index (χ2v) is 7.04. The van der Waals surface area contributed by atoms with Crippen molar-refractivity contribution in [2.75, 3.05) is 0 Å². The molecule has 1 aromatic heterocycles. The van der Waals surface area contributed by atoms with Gasteiger partial charge in [-0.15, -0.1) is 0 Å². The summed E-state index contributed by atoms with van der Waals surface area (Å²) in [4.78, 5) is 7.22. The summed E-state index contributed by atoms with van der Waals surface area (Å²) in [6.07, 6.45) is -0.239. The van der Waals surface area contributed by atoms with Crippen molar-refractivity contribution in [3.63, 3.8) is 0 Å². The Morgan fingerprint density at radius 2 is 1.88 bits per heavy atom. The number of aliphatic imine (C=N–C) groups is 1. The van der Waals surface area contributed by atoms with Gasteiger partial charge in [-0.3, -0.25) is 4.98 Å². The third kappa shape index (κ3) is 4.89. The molecule has 0 bridgehead atoms. The molecule has 0 saturated carbocycles. The smallest absolute Gasteiger partial charge is 0.433 e.